The van der Waals surface area contributed by atoms with Gasteiger partial charge < -0.3 is 9.80 Å². The molecule has 9 heteroatoms. The molecule has 1 saturated carbocycles. The van der Waals surface area contributed by atoms with Crippen LogP contribution in [0.4, 0.5) is 19.0 Å². The second-order valence-corrected chi connectivity index (χ2v) is 8.29. The van der Waals surface area contributed by atoms with Crippen molar-refractivity contribution in [3.63, 3.8) is 0 Å². The third-order valence-corrected chi connectivity index (χ3v) is 6.38. The molecule has 0 bridgehead atoms. The highest BCUT2D eigenvalue weighted by Gasteiger charge is 2.54. The first kappa shape index (κ1) is 19.4. The summed E-state index contributed by atoms with van der Waals surface area (Å²) < 4.78 is 39.8. The van der Waals surface area contributed by atoms with Crippen molar-refractivity contribution >= 4 is 11.7 Å². The SMILES string of the molecule is CN(C)c1ncccc1C1CCC2C3NNCC3C(=O)N(CC(F)(F)F)C2C1. The van der Waals surface area contributed by atoms with E-state index >= 15 is 0 Å². The lowest BCUT2D eigenvalue weighted by molar-refractivity contribution is -0.178. The zero-order chi connectivity index (χ0) is 20.1. The van der Waals surface area contributed by atoms with Crippen LogP contribution in [-0.4, -0.2) is 61.2 Å². The van der Waals surface area contributed by atoms with E-state index in [1.54, 1.807) is 6.20 Å². The topological polar surface area (TPSA) is 60.5 Å². The first-order valence-corrected chi connectivity index (χ1v) is 9.74. The van der Waals surface area contributed by atoms with Crippen LogP contribution in [0.2, 0.25) is 0 Å². The molecule has 5 unspecified atom stereocenters. The van der Waals surface area contributed by atoms with Crippen molar-refractivity contribution in [3.8, 4) is 0 Å². The molecule has 2 aliphatic heterocycles. The van der Waals surface area contributed by atoms with Gasteiger partial charge in [0.2, 0.25) is 5.91 Å². The Morgan fingerprint density at radius 3 is 2.82 bits per heavy atom. The van der Waals surface area contributed by atoms with Crippen LogP contribution in [0.3, 0.4) is 0 Å². The van der Waals surface area contributed by atoms with Gasteiger partial charge in [-0.25, -0.2) is 4.98 Å². The van der Waals surface area contributed by atoms with E-state index in [0.29, 0.717) is 13.0 Å². The zero-order valence-corrected chi connectivity index (χ0v) is 16.0. The van der Waals surface area contributed by atoms with Crippen LogP contribution in [0.15, 0.2) is 18.3 Å². The number of likely N-dealkylation sites (tertiary alicyclic amines) is 1. The highest BCUT2D eigenvalue weighted by Crippen LogP contribution is 2.46. The molecule has 1 amide bonds. The number of aromatic nitrogens is 1. The summed E-state index contributed by atoms with van der Waals surface area (Å²) in [5.41, 5.74) is 7.19. The molecule has 1 aliphatic carbocycles. The first-order chi connectivity index (χ1) is 13.3. The second-order valence-electron chi connectivity index (χ2n) is 8.29. The van der Waals surface area contributed by atoms with E-state index in [1.807, 2.05) is 31.1 Å². The van der Waals surface area contributed by atoms with E-state index in [4.69, 9.17) is 0 Å². The minimum atomic E-state index is -4.40. The van der Waals surface area contributed by atoms with E-state index in [-0.39, 0.29) is 23.8 Å². The predicted molar refractivity (Wildman–Crippen MR) is 98.6 cm³/mol. The Kier molecular flexibility index (Phi) is 4.99. The van der Waals surface area contributed by atoms with Crippen molar-refractivity contribution in [3.05, 3.63) is 23.9 Å². The van der Waals surface area contributed by atoms with Crippen molar-refractivity contribution in [2.45, 2.75) is 43.4 Å². The number of anilines is 1. The molecule has 4 rings (SSSR count). The summed E-state index contributed by atoms with van der Waals surface area (Å²) in [4.78, 5) is 20.4. The molecular weight excluding hydrogens is 371 g/mol. The molecule has 2 saturated heterocycles. The maximum atomic E-state index is 13.3. The number of fused-ring (bicyclic) bond motifs is 3. The number of halogens is 3. The molecule has 3 aliphatic rings. The summed E-state index contributed by atoms with van der Waals surface area (Å²) in [6.07, 6.45) is -0.475. The number of rotatable bonds is 3. The van der Waals surface area contributed by atoms with Crippen LogP contribution in [0.1, 0.15) is 30.7 Å². The standard InChI is InChI=1S/C19H26F3N5O/c1-26(2)17-12(4-3-7-23-17)11-5-6-13-15(8-11)27(10-19(20,21)22)18(28)14-9-24-25-16(13)14/h3-4,7,11,13-16,24-25H,5-6,8-10H2,1-2H3. The molecule has 1 aromatic heterocycles. The smallest absolute Gasteiger partial charge is 0.363 e. The normalized spacial score (nSPS) is 32.8. The van der Waals surface area contributed by atoms with Crippen LogP contribution in [0, 0.1) is 11.8 Å². The average Bonchev–Trinajstić information content (AvgIpc) is 3.14. The Bertz CT molecular complexity index is 741. The molecule has 2 N–H and O–H groups in total. The van der Waals surface area contributed by atoms with Gasteiger partial charge in [0, 0.05) is 38.9 Å². The fourth-order valence-corrected chi connectivity index (χ4v) is 5.26. The van der Waals surface area contributed by atoms with Gasteiger partial charge in [-0.3, -0.25) is 15.6 Å². The van der Waals surface area contributed by atoms with Gasteiger partial charge in [0.1, 0.15) is 12.4 Å². The van der Waals surface area contributed by atoms with E-state index < -0.39 is 24.7 Å². The van der Waals surface area contributed by atoms with Crippen molar-refractivity contribution < 1.29 is 18.0 Å². The lowest BCUT2D eigenvalue weighted by Crippen LogP contribution is -2.63. The number of hydrogen-bond donors (Lipinski definition) is 2. The molecule has 0 aromatic carbocycles. The maximum absolute atomic E-state index is 13.3. The summed E-state index contributed by atoms with van der Waals surface area (Å²) in [6, 6.07) is 3.36. The Hall–Kier alpha value is -1.87. The lowest BCUT2D eigenvalue weighted by Gasteiger charge is -2.50. The molecule has 6 nitrogen and oxygen atoms in total. The van der Waals surface area contributed by atoms with Crippen LogP contribution in [0.25, 0.3) is 0 Å². The number of nitrogens with zero attached hydrogens (tertiary/aromatic N) is 3. The molecule has 3 fully saturated rings. The van der Waals surface area contributed by atoms with Crippen LogP contribution >= 0.6 is 0 Å². The molecule has 28 heavy (non-hydrogen) atoms. The monoisotopic (exact) mass is 397 g/mol. The highest BCUT2D eigenvalue weighted by atomic mass is 19.4. The molecule has 0 spiro atoms. The lowest BCUT2D eigenvalue weighted by atomic mass is 9.67. The summed E-state index contributed by atoms with van der Waals surface area (Å²) in [7, 11) is 3.83. The van der Waals surface area contributed by atoms with Gasteiger partial charge >= 0.3 is 6.18 Å². The minimum absolute atomic E-state index is 0.0239. The third kappa shape index (κ3) is 3.45. The highest BCUT2D eigenvalue weighted by molar-refractivity contribution is 5.82. The van der Waals surface area contributed by atoms with Gasteiger partial charge in [0.25, 0.3) is 0 Å². The second kappa shape index (κ2) is 7.18. The number of carbonyl (C=O) groups excluding carboxylic acids is 1. The first-order valence-electron chi connectivity index (χ1n) is 9.74. The van der Waals surface area contributed by atoms with Gasteiger partial charge in [-0.1, -0.05) is 6.07 Å². The summed E-state index contributed by atoms with van der Waals surface area (Å²) >= 11 is 0. The van der Waals surface area contributed by atoms with Crippen molar-refractivity contribution in [1.82, 2.24) is 20.7 Å². The average molecular weight is 397 g/mol. The number of alkyl halides is 3. The molecule has 0 radical (unpaired) electrons. The fraction of sp³-hybridized carbons (Fsp3) is 0.684. The minimum Gasteiger partial charge on any atom is -0.363 e. The molecule has 154 valence electrons. The van der Waals surface area contributed by atoms with Crippen molar-refractivity contribution in [1.29, 1.82) is 0 Å². The fourth-order valence-electron chi connectivity index (χ4n) is 5.26. The third-order valence-electron chi connectivity index (χ3n) is 6.38. The van der Waals surface area contributed by atoms with Gasteiger partial charge in [0.05, 0.1) is 5.92 Å². The van der Waals surface area contributed by atoms with Crippen LogP contribution < -0.4 is 15.8 Å². The van der Waals surface area contributed by atoms with Crippen LogP contribution in [0.5, 0.6) is 0 Å². The number of carbonyl (C=O) groups is 1. The van der Waals surface area contributed by atoms with E-state index in [0.717, 1.165) is 29.1 Å². The van der Waals surface area contributed by atoms with Crippen LogP contribution in [-0.2, 0) is 4.79 Å². The number of piperidine rings is 1. The number of nitrogens with one attached hydrogen (secondary N) is 2. The zero-order valence-electron chi connectivity index (χ0n) is 16.0. The summed E-state index contributed by atoms with van der Waals surface area (Å²) in [5.74, 6) is 0.142. The largest absolute Gasteiger partial charge is 0.406 e. The number of hydrogen-bond acceptors (Lipinski definition) is 5. The molecule has 5 atom stereocenters. The Morgan fingerprint density at radius 2 is 2.11 bits per heavy atom. The van der Waals surface area contributed by atoms with Gasteiger partial charge in [-0.15, -0.1) is 0 Å². The van der Waals surface area contributed by atoms with Gasteiger partial charge in [-0.05, 0) is 42.7 Å². The summed E-state index contributed by atoms with van der Waals surface area (Å²) in [5, 5.41) is 0. The Labute approximate surface area is 162 Å². The predicted octanol–water partition coefficient (Wildman–Crippen LogP) is 1.90. The maximum Gasteiger partial charge on any atom is 0.406 e. The summed E-state index contributed by atoms with van der Waals surface area (Å²) in [6.45, 7) is -0.783. The Balaban J connectivity index is 1.65. The molecular formula is C19H26F3N5O. The Morgan fingerprint density at radius 1 is 1.32 bits per heavy atom. The molecule has 3 heterocycles. The van der Waals surface area contributed by atoms with E-state index in [2.05, 4.69) is 15.8 Å². The quantitative estimate of drug-likeness (QED) is 0.816. The number of hydrazine groups is 1. The van der Waals surface area contributed by atoms with Crippen molar-refractivity contribution in [2.24, 2.45) is 11.8 Å². The number of amides is 1. The number of pyridine rings is 1. The van der Waals surface area contributed by atoms with Crippen molar-refractivity contribution in [2.75, 3.05) is 32.1 Å². The molecule has 1 aromatic rings. The van der Waals surface area contributed by atoms with E-state index in [9.17, 15) is 18.0 Å². The van der Waals surface area contributed by atoms with E-state index in [1.165, 1.54) is 0 Å². The van der Waals surface area contributed by atoms with Gasteiger partial charge in [0.15, 0.2) is 0 Å². The van der Waals surface area contributed by atoms with Gasteiger partial charge in [-0.2, -0.15) is 13.2 Å².